The number of nitrogens with one attached hydrogen (secondary N) is 2. The molecule has 0 spiro atoms. The van der Waals surface area contributed by atoms with E-state index in [-0.39, 0.29) is 11.9 Å². The third kappa shape index (κ3) is 4.67. The molecule has 1 fully saturated rings. The largest absolute Gasteiger partial charge is 0.355 e. The van der Waals surface area contributed by atoms with Gasteiger partial charge in [-0.25, -0.2) is 0 Å². The Labute approximate surface area is 115 Å². The minimum Gasteiger partial charge on any atom is -0.355 e. The summed E-state index contributed by atoms with van der Waals surface area (Å²) in [6, 6.07) is 10.4. The van der Waals surface area contributed by atoms with Gasteiger partial charge in [-0.15, -0.1) is 0 Å². The van der Waals surface area contributed by atoms with E-state index in [9.17, 15) is 4.79 Å². The number of amides is 1. The normalized spacial score (nSPS) is 23.0. The quantitative estimate of drug-likeness (QED) is 0.796. The number of rotatable bonds is 5. The highest BCUT2D eigenvalue weighted by atomic mass is 16.2. The minimum absolute atomic E-state index is 0.0143. The maximum Gasteiger partial charge on any atom is 0.237 e. The molecular formula is C16H24N2O. The molecule has 0 aliphatic carbocycles. The Bertz CT molecular complexity index is 391. The van der Waals surface area contributed by atoms with Gasteiger partial charge in [-0.3, -0.25) is 4.79 Å². The standard InChI is InChI=1S/C16H24N2O/c1-13-9-11-17-15(12-13)16(19)18-10-5-8-14-6-3-2-4-7-14/h2-4,6-7,13,15,17H,5,8-12H2,1H3,(H,18,19). The van der Waals surface area contributed by atoms with E-state index in [2.05, 4.69) is 41.8 Å². The fraction of sp³-hybridized carbons (Fsp3) is 0.562. The highest BCUT2D eigenvalue weighted by molar-refractivity contribution is 5.81. The molecule has 2 rings (SSSR count). The smallest absolute Gasteiger partial charge is 0.237 e. The first-order valence-corrected chi connectivity index (χ1v) is 7.30. The van der Waals surface area contributed by atoms with Gasteiger partial charge < -0.3 is 10.6 Å². The Balaban J connectivity index is 1.64. The monoisotopic (exact) mass is 260 g/mol. The van der Waals surface area contributed by atoms with E-state index >= 15 is 0 Å². The van der Waals surface area contributed by atoms with E-state index < -0.39 is 0 Å². The summed E-state index contributed by atoms with van der Waals surface area (Å²) in [5.74, 6) is 0.820. The lowest BCUT2D eigenvalue weighted by atomic mass is 9.94. The molecule has 0 bridgehead atoms. The van der Waals surface area contributed by atoms with E-state index in [0.29, 0.717) is 5.92 Å². The van der Waals surface area contributed by atoms with Gasteiger partial charge in [0.2, 0.25) is 5.91 Å². The SMILES string of the molecule is CC1CCNC(C(=O)NCCCc2ccccc2)C1. The highest BCUT2D eigenvalue weighted by Gasteiger charge is 2.23. The average molecular weight is 260 g/mol. The van der Waals surface area contributed by atoms with Crippen LogP contribution in [0.2, 0.25) is 0 Å². The number of hydrogen-bond acceptors (Lipinski definition) is 2. The highest BCUT2D eigenvalue weighted by Crippen LogP contribution is 2.14. The molecule has 0 radical (unpaired) electrons. The van der Waals surface area contributed by atoms with E-state index in [1.807, 2.05) is 6.07 Å². The lowest BCUT2D eigenvalue weighted by molar-refractivity contribution is -0.124. The number of aryl methyl sites for hydroxylation is 1. The second kappa shape index (κ2) is 7.29. The number of carbonyl (C=O) groups excluding carboxylic acids is 1. The Hall–Kier alpha value is -1.35. The van der Waals surface area contributed by atoms with E-state index in [1.54, 1.807) is 0 Å². The average Bonchev–Trinajstić information content (AvgIpc) is 2.44. The molecule has 1 aromatic rings. The molecule has 2 N–H and O–H groups in total. The van der Waals surface area contributed by atoms with Crippen molar-refractivity contribution in [2.24, 2.45) is 5.92 Å². The lowest BCUT2D eigenvalue weighted by Gasteiger charge is -2.27. The molecule has 1 amide bonds. The van der Waals surface area contributed by atoms with Gasteiger partial charge in [0.1, 0.15) is 0 Å². The molecule has 2 unspecified atom stereocenters. The van der Waals surface area contributed by atoms with Crippen LogP contribution >= 0.6 is 0 Å². The number of hydrogen-bond donors (Lipinski definition) is 2. The molecule has 1 saturated heterocycles. The van der Waals surface area contributed by atoms with Gasteiger partial charge in [0.15, 0.2) is 0 Å². The van der Waals surface area contributed by atoms with Gasteiger partial charge in [-0.1, -0.05) is 37.3 Å². The number of piperidine rings is 1. The Morgan fingerprint density at radius 1 is 1.37 bits per heavy atom. The number of benzene rings is 1. The molecular weight excluding hydrogens is 236 g/mol. The Morgan fingerprint density at radius 3 is 2.89 bits per heavy atom. The zero-order chi connectivity index (χ0) is 13.5. The summed E-state index contributed by atoms with van der Waals surface area (Å²) in [7, 11) is 0. The van der Waals surface area contributed by atoms with Crippen molar-refractivity contribution in [3.63, 3.8) is 0 Å². The first kappa shape index (κ1) is 14.1. The fourth-order valence-electron chi connectivity index (χ4n) is 2.58. The Morgan fingerprint density at radius 2 is 2.16 bits per heavy atom. The van der Waals surface area contributed by atoms with Gasteiger partial charge >= 0.3 is 0 Å². The van der Waals surface area contributed by atoms with Crippen LogP contribution < -0.4 is 10.6 Å². The molecule has 1 aliphatic heterocycles. The molecule has 3 heteroatoms. The molecule has 2 atom stereocenters. The summed E-state index contributed by atoms with van der Waals surface area (Å²) >= 11 is 0. The summed E-state index contributed by atoms with van der Waals surface area (Å²) in [4.78, 5) is 12.0. The van der Waals surface area contributed by atoms with E-state index in [0.717, 1.165) is 32.4 Å². The second-order valence-corrected chi connectivity index (χ2v) is 5.52. The van der Waals surface area contributed by atoms with Gasteiger partial charge in [-0.2, -0.15) is 0 Å². The van der Waals surface area contributed by atoms with Crippen molar-refractivity contribution in [1.82, 2.24) is 10.6 Å². The van der Waals surface area contributed by atoms with Gasteiger partial charge in [-0.05, 0) is 43.7 Å². The zero-order valence-electron chi connectivity index (χ0n) is 11.7. The van der Waals surface area contributed by atoms with Gasteiger partial charge in [0.05, 0.1) is 6.04 Å². The van der Waals surface area contributed by atoms with Gasteiger partial charge in [0.25, 0.3) is 0 Å². The maximum absolute atomic E-state index is 12.0. The third-order valence-electron chi connectivity index (χ3n) is 3.77. The number of carbonyl (C=O) groups is 1. The van der Waals surface area contributed by atoms with Crippen molar-refractivity contribution in [1.29, 1.82) is 0 Å². The summed E-state index contributed by atoms with van der Waals surface area (Å²) in [6.07, 6.45) is 4.16. The summed E-state index contributed by atoms with van der Waals surface area (Å²) in [6.45, 7) is 3.94. The predicted molar refractivity (Wildman–Crippen MR) is 78.0 cm³/mol. The van der Waals surface area contributed by atoms with Crippen LogP contribution in [0.3, 0.4) is 0 Å². The third-order valence-corrected chi connectivity index (χ3v) is 3.77. The summed E-state index contributed by atoms with van der Waals surface area (Å²) in [5.41, 5.74) is 1.33. The first-order chi connectivity index (χ1) is 9.25. The molecule has 19 heavy (non-hydrogen) atoms. The van der Waals surface area contributed by atoms with Crippen molar-refractivity contribution < 1.29 is 4.79 Å². The summed E-state index contributed by atoms with van der Waals surface area (Å²) in [5, 5.41) is 6.34. The van der Waals surface area contributed by atoms with Crippen molar-refractivity contribution >= 4 is 5.91 Å². The van der Waals surface area contributed by atoms with Crippen molar-refractivity contribution in [3.8, 4) is 0 Å². The van der Waals surface area contributed by atoms with Crippen molar-refractivity contribution in [3.05, 3.63) is 35.9 Å². The van der Waals surface area contributed by atoms with E-state index in [4.69, 9.17) is 0 Å². The van der Waals surface area contributed by atoms with Crippen LogP contribution in [0.25, 0.3) is 0 Å². The van der Waals surface area contributed by atoms with Crippen LogP contribution in [0.1, 0.15) is 31.7 Å². The molecule has 0 aromatic heterocycles. The van der Waals surface area contributed by atoms with Crippen LogP contribution in [0, 0.1) is 5.92 Å². The molecule has 104 valence electrons. The molecule has 3 nitrogen and oxygen atoms in total. The van der Waals surface area contributed by atoms with Gasteiger partial charge in [0, 0.05) is 6.54 Å². The van der Waals surface area contributed by atoms with Crippen LogP contribution in [-0.2, 0) is 11.2 Å². The fourth-order valence-corrected chi connectivity index (χ4v) is 2.58. The molecule has 1 aromatic carbocycles. The van der Waals surface area contributed by atoms with E-state index in [1.165, 1.54) is 12.0 Å². The molecule has 1 heterocycles. The van der Waals surface area contributed by atoms with Crippen LogP contribution in [-0.4, -0.2) is 25.0 Å². The second-order valence-electron chi connectivity index (χ2n) is 5.52. The van der Waals surface area contributed by atoms with Crippen LogP contribution in [0.15, 0.2) is 30.3 Å². The van der Waals surface area contributed by atoms with Crippen LogP contribution in [0.5, 0.6) is 0 Å². The molecule has 1 aliphatic rings. The minimum atomic E-state index is 0.0143. The topological polar surface area (TPSA) is 41.1 Å². The lowest BCUT2D eigenvalue weighted by Crippen LogP contribution is -2.48. The predicted octanol–water partition coefficient (Wildman–Crippen LogP) is 2.12. The van der Waals surface area contributed by atoms with Crippen molar-refractivity contribution in [2.45, 2.75) is 38.6 Å². The van der Waals surface area contributed by atoms with Crippen LogP contribution in [0.4, 0.5) is 0 Å². The maximum atomic E-state index is 12.0. The summed E-state index contributed by atoms with van der Waals surface area (Å²) < 4.78 is 0. The Kier molecular flexibility index (Phi) is 5.40. The zero-order valence-corrected chi connectivity index (χ0v) is 11.7. The molecule has 0 saturated carbocycles. The first-order valence-electron chi connectivity index (χ1n) is 7.30. The van der Waals surface area contributed by atoms with Crippen molar-refractivity contribution in [2.75, 3.05) is 13.1 Å².